The SMILES string of the molecule is O=C(OCC1CCCCC1)OC1CCC23OC2(C1)O3. The summed E-state index contributed by atoms with van der Waals surface area (Å²) in [5.74, 6) is -0.143. The molecule has 4 fully saturated rings. The van der Waals surface area contributed by atoms with Crippen LogP contribution in [0.2, 0.25) is 0 Å². The Morgan fingerprint density at radius 1 is 1.11 bits per heavy atom. The normalized spacial score (nSPS) is 43.9. The standard InChI is InChI=1S/C14H20O5/c15-12(16-9-10-4-2-1-3-5-10)17-11-6-7-13-14(8-11,18-13)19-13/h10-11H,1-9H2. The minimum absolute atomic E-state index is 0.114. The molecule has 2 heterocycles. The fraction of sp³-hybridized carbons (Fsp3) is 0.929. The van der Waals surface area contributed by atoms with Crippen molar-refractivity contribution < 1.29 is 23.7 Å². The van der Waals surface area contributed by atoms with Gasteiger partial charge in [0.15, 0.2) is 0 Å². The molecule has 4 aliphatic rings. The van der Waals surface area contributed by atoms with Crippen molar-refractivity contribution in [2.75, 3.05) is 6.61 Å². The highest BCUT2D eigenvalue weighted by atomic mass is 17.0. The van der Waals surface area contributed by atoms with Crippen LogP contribution in [0.5, 0.6) is 0 Å². The number of rotatable bonds is 3. The monoisotopic (exact) mass is 268 g/mol. The van der Waals surface area contributed by atoms with Gasteiger partial charge >= 0.3 is 6.16 Å². The fourth-order valence-corrected chi connectivity index (χ4v) is 3.58. The lowest BCUT2D eigenvalue weighted by Gasteiger charge is -2.22. The lowest BCUT2D eigenvalue weighted by Crippen LogP contribution is -2.26. The predicted molar refractivity (Wildman–Crippen MR) is 64.3 cm³/mol. The highest BCUT2D eigenvalue weighted by molar-refractivity contribution is 5.60. The van der Waals surface area contributed by atoms with Gasteiger partial charge in [-0.1, -0.05) is 19.3 Å². The zero-order chi connectivity index (χ0) is 12.9. The van der Waals surface area contributed by atoms with Gasteiger partial charge in [-0.25, -0.2) is 4.79 Å². The molecule has 0 bridgehead atoms. The first kappa shape index (κ1) is 12.0. The van der Waals surface area contributed by atoms with E-state index in [0.717, 1.165) is 12.8 Å². The Hall–Kier alpha value is -0.810. The van der Waals surface area contributed by atoms with Crippen LogP contribution < -0.4 is 0 Å². The Kier molecular flexibility index (Phi) is 2.58. The Morgan fingerprint density at radius 2 is 1.89 bits per heavy atom. The topological polar surface area (TPSA) is 60.6 Å². The molecule has 1 unspecified atom stereocenters. The van der Waals surface area contributed by atoms with Crippen molar-refractivity contribution in [1.29, 1.82) is 0 Å². The second-order valence-electron chi connectivity index (χ2n) is 6.26. The summed E-state index contributed by atoms with van der Waals surface area (Å²) in [6, 6.07) is 0. The molecular formula is C14H20O5. The molecule has 5 nitrogen and oxygen atoms in total. The summed E-state index contributed by atoms with van der Waals surface area (Å²) in [4.78, 5) is 11.7. The van der Waals surface area contributed by atoms with E-state index in [0.29, 0.717) is 18.9 Å². The van der Waals surface area contributed by atoms with Gasteiger partial charge < -0.3 is 18.9 Å². The molecule has 0 aromatic heterocycles. The van der Waals surface area contributed by atoms with Crippen LogP contribution in [0.25, 0.3) is 0 Å². The molecule has 0 aromatic carbocycles. The molecule has 2 aliphatic carbocycles. The van der Waals surface area contributed by atoms with Gasteiger partial charge in [0.1, 0.15) is 6.10 Å². The van der Waals surface area contributed by atoms with Gasteiger partial charge in [-0.3, -0.25) is 0 Å². The highest BCUT2D eigenvalue weighted by Crippen LogP contribution is 2.74. The Balaban J connectivity index is 1.19. The Morgan fingerprint density at radius 3 is 2.63 bits per heavy atom. The third-order valence-electron chi connectivity index (χ3n) is 4.87. The summed E-state index contributed by atoms with van der Waals surface area (Å²) in [7, 11) is 0. The summed E-state index contributed by atoms with van der Waals surface area (Å²) >= 11 is 0. The molecule has 5 heteroatoms. The molecule has 1 atom stereocenters. The average Bonchev–Trinajstić information content (AvgIpc) is 3.23. The number of carbonyl (C=O) groups excluding carboxylic acids is 1. The molecule has 19 heavy (non-hydrogen) atoms. The first-order valence-corrected chi connectivity index (χ1v) is 7.45. The van der Waals surface area contributed by atoms with E-state index in [-0.39, 0.29) is 17.7 Å². The zero-order valence-corrected chi connectivity index (χ0v) is 11.1. The zero-order valence-electron chi connectivity index (χ0n) is 11.1. The Labute approximate surface area is 112 Å². The van der Waals surface area contributed by atoms with Gasteiger partial charge in [0.2, 0.25) is 11.6 Å². The van der Waals surface area contributed by atoms with Gasteiger partial charge in [0, 0.05) is 12.8 Å². The summed E-state index contributed by atoms with van der Waals surface area (Å²) in [5, 5.41) is 0. The lowest BCUT2D eigenvalue weighted by atomic mass is 9.90. The molecule has 2 saturated heterocycles. The second-order valence-corrected chi connectivity index (χ2v) is 6.26. The van der Waals surface area contributed by atoms with E-state index in [1.807, 2.05) is 0 Å². The van der Waals surface area contributed by atoms with E-state index in [4.69, 9.17) is 18.9 Å². The van der Waals surface area contributed by atoms with Crippen LogP contribution in [-0.4, -0.2) is 30.4 Å². The van der Waals surface area contributed by atoms with E-state index >= 15 is 0 Å². The van der Waals surface area contributed by atoms with Crippen LogP contribution in [0.4, 0.5) is 4.79 Å². The van der Waals surface area contributed by atoms with Gasteiger partial charge in [0.25, 0.3) is 0 Å². The van der Waals surface area contributed by atoms with Gasteiger partial charge in [0.05, 0.1) is 6.61 Å². The van der Waals surface area contributed by atoms with Gasteiger partial charge in [-0.2, -0.15) is 0 Å². The van der Waals surface area contributed by atoms with Gasteiger partial charge in [-0.05, 0) is 25.2 Å². The van der Waals surface area contributed by atoms with E-state index in [1.165, 1.54) is 32.1 Å². The summed E-state index contributed by atoms with van der Waals surface area (Å²) in [5.41, 5.74) is 0. The second kappa shape index (κ2) is 4.09. The molecule has 4 rings (SSSR count). The van der Waals surface area contributed by atoms with Crippen LogP contribution in [0.1, 0.15) is 51.4 Å². The highest BCUT2D eigenvalue weighted by Gasteiger charge is 2.92. The number of hydrogen-bond acceptors (Lipinski definition) is 5. The maximum atomic E-state index is 11.7. The smallest absolute Gasteiger partial charge is 0.434 e. The largest absolute Gasteiger partial charge is 0.508 e. The summed E-state index contributed by atoms with van der Waals surface area (Å²) in [6.07, 6.45) is 7.81. The molecule has 0 spiro atoms. The maximum absolute atomic E-state index is 11.7. The molecule has 2 saturated carbocycles. The van der Waals surface area contributed by atoms with Crippen molar-refractivity contribution in [3.8, 4) is 0 Å². The maximum Gasteiger partial charge on any atom is 0.508 e. The third-order valence-corrected chi connectivity index (χ3v) is 4.87. The molecule has 0 aromatic rings. The van der Waals surface area contributed by atoms with E-state index in [9.17, 15) is 4.79 Å². The number of epoxide rings is 2. The van der Waals surface area contributed by atoms with E-state index in [1.54, 1.807) is 0 Å². The lowest BCUT2D eigenvalue weighted by molar-refractivity contribution is -0.0968. The molecule has 106 valence electrons. The molecule has 2 aliphatic heterocycles. The number of ether oxygens (including phenoxy) is 4. The first-order valence-electron chi connectivity index (χ1n) is 7.45. The van der Waals surface area contributed by atoms with Crippen molar-refractivity contribution in [3.63, 3.8) is 0 Å². The molecule has 0 amide bonds. The van der Waals surface area contributed by atoms with Crippen molar-refractivity contribution in [2.45, 2.75) is 69.0 Å². The van der Waals surface area contributed by atoms with Crippen LogP contribution in [0, 0.1) is 5.92 Å². The minimum atomic E-state index is -0.527. The quantitative estimate of drug-likeness (QED) is 0.581. The van der Waals surface area contributed by atoms with Crippen LogP contribution in [0.3, 0.4) is 0 Å². The Bertz CT molecular complexity index is 381. The van der Waals surface area contributed by atoms with E-state index < -0.39 is 6.16 Å². The first-order chi connectivity index (χ1) is 9.21. The van der Waals surface area contributed by atoms with Crippen molar-refractivity contribution >= 4 is 6.16 Å². The average molecular weight is 268 g/mol. The molecular weight excluding hydrogens is 248 g/mol. The van der Waals surface area contributed by atoms with Crippen molar-refractivity contribution in [2.24, 2.45) is 5.92 Å². The van der Waals surface area contributed by atoms with E-state index in [2.05, 4.69) is 0 Å². The number of carbonyl (C=O) groups is 1. The van der Waals surface area contributed by atoms with Crippen molar-refractivity contribution in [1.82, 2.24) is 0 Å². The van der Waals surface area contributed by atoms with Crippen LogP contribution in [-0.2, 0) is 18.9 Å². The van der Waals surface area contributed by atoms with Crippen LogP contribution in [0.15, 0.2) is 0 Å². The third kappa shape index (κ3) is 2.03. The summed E-state index contributed by atoms with van der Waals surface area (Å²) in [6.45, 7) is 0.508. The van der Waals surface area contributed by atoms with Crippen molar-refractivity contribution in [3.05, 3.63) is 0 Å². The summed E-state index contributed by atoms with van der Waals surface area (Å²) < 4.78 is 21.5. The predicted octanol–water partition coefficient (Wildman–Crippen LogP) is 2.73. The molecule has 0 N–H and O–H groups in total. The van der Waals surface area contributed by atoms with Gasteiger partial charge in [-0.15, -0.1) is 0 Å². The molecule has 0 radical (unpaired) electrons. The minimum Gasteiger partial charge on any atom is -0.434 e. The number of hydrogen-bond donors (Lipinski definition) is 0. The van der Waals surface area contributed by atoms with Crippen LogP contribution >= 0.6 is 0 Å². The fourth-order valence-electron chi connectivity index (χ4n) is 3.58.